The number of nitrogens with two attached hydrogens (primary N) is 1. The molecule has 2 saturated carbocycles. The second-order valence-electron chi connectivity index (χ2n) is 3.70. The van der Waals surface area contributed by atoms with E-state index in [1.165, 1.54) is 0 Å². The maximum Gasteiger partial charge on any atom is 0.324 e. The average Bonchev–Trinajstić information content (AvgIpc) is 2.75. The zero-order valence-electron chi connectivity index (χ0n) is 6.28. The number of hydrogen-bond donors (Lipinski definition) is 3. The van der Waals surface area contributed by atoms with Gasteiger partial charge in [-0.05, 0) is 12.8 Å². The van der Waals surface area contributed by atoms with E-state index in [0.717, 1.165) is 0 Å². The van der Waals surface area contributed by atoms with Gasteiger partial charge in [0, 0.05) is 5.41 Å². The van der Waals surface area contributed by atoms with E-state index < -0.39 is 28.8 Å². The monoisotopic (exact) mass is 171 g/mol. The molecule has 0 unspecified atom stereocenters. The van der Waals surface area contributed by atoms with Gasteiger partial charge in [-0.2, -0.15) is 0 Å². The summed E-state index contributed by atoms with van der Waals surface area (Å²) in [5.41, 5.74) is 3.63. The van der Waals surface area contributed by atoms with Gasteiger partial charge in [0.2, 0.25) is 0 Å². The molecule has 0 aromatic heterocycles. The van der Waals surface area contributed by atoms with Crippen molar-refractivity contribution in [3.8, 4) is 0 Å². The topological polar surface area (TPSA) is 101 Å². The van der Waals surface area contributed by atoms with Crippen molar-refractivity contribution in [2.24, 2.45) is 17.1 Å². The molecule has 4 N–H and O–H groups in total. The number of carboxylic acids is 2. The highest BCUT2D eigenvalue weighted by atomic mass is 16.4. The number of aliphatic carboxylic acids is 2. The zero-order valence-corrected chi connectivity index (χ0v) is 6.28. The quantitative estimate of drug-likeness (QED) is 0.508. The molecule has 66 valence electrons. The highest BCUT2D eigenvalue weighted by Crippen LogP contribution is 2.75. The molecule has 0 radical (unpaired) electrons. The summed E-state index contributed by atoms with van der Waals surface area (Å²) < 4.78 is 0. The maximum absolute atomic E-state index is 10.6. The second-order valence-corrected chi connectivity index (χ2v) is 3.70. The minimum atomic E-state index is -1.25. The molecule has 5 heteroatoms. The lowest BCUT2D eigenvalue weighted by Crippen LogP contribution is -2.36. The van der Waals surface area contributed by atoms with Crippen LogP contribution in [-0.2, 0) is 9.59 Å². The molecule has 5 nitrogen and oxygen atoms in total. The number of carboxylic acid groups (broad SMARTS) is 2. The summed E-state index contributed by atoms with van der Waals surface area (Å²) in [6.45, 7) is 0. The van der Waals surface area contributed by atoms with Crippen LogP contribution in [0, 0.1) is 11.3 Å². The maximum atomic E-state index is 10.6. The zero-order chi connectivity index (χ0) is 9.15. The molecular formula is C7H9NO4. The Morgan fingerprint density at radius 3 is 2.25 bits per heavy atom. The molecule has 2 rings (SSSR count). The molecule has 0 aliphatic heterocycles. The molecule has 0 aromatic rings. The first-order valence-electron chi connectivity index (χ1n) is 3.69. The summed E-state index contributed by atoms with van der Waals surface area (Å²) in [5, 5.41) is 17.3. The van der Waals surface area contributed by atoms with Crippen molar-refractivity contribution in [2.45, 2.75) is 18.4 Å². The largest absolute Gasteiger partial charge is 0.481 e. The van der Waals surface area contributed by atoms with Crippen molar-refractivity contribution >= 4 is 11.9 Å². The Labute approximate surface area is 68.2 Å². The van der Waals surface area contributed by atoms with Crippen LogP contribution in [0.15, 0.2) is 0 Å². The molecule has 0 amide bonds. The van der Waals surface area contributed by atoms with Crippen LogP contribution < -0.4 is 5.73 Å². The third kappa shape index (κ3) is 0.582. The Morgan fingerprint density at radius 1 is 1.42 bits per heavy atom. The lowest BCUT2D eigenvalue weighted by molar-refractivity contribution is -0.140. The van der Waals surface area contributed by atoms with Gasteiger partial charge in [-0.25, -0.2) is 0 Å². The van der Waals surface area contributed by atoms with Crippen molar-refractivity contribution in [3.63, 3.8) is 0 Å². The van der Waals surface area contributed by atoms with Crippen molar-refractivity contribution in [1.82, 2.24) is 0 Å². The summed E-state index contributed by atoms with van der Waals surface area (Å²) in [7, 11) is 0. The van der Waals surface area contributed by atoms with Crippen LogP contribution in [0.2, 0.25) is 0 Å². The van der Waals surface area contributed by atoms with E-state index in [4.69, 9.17) is 15.9 Å². The molecule has 0 aromatic carbocycles. The van der Waals surface area contributed by atoms with Crippen LogP contribution in [0.3, 0.4) is 0 Å². The standard InChI is InChI=1S/C7H9NO4/c8-7(5(11)12)2-6(7)1-3(6)4(9)10/h3H,1-2,8H2,(H,9,10)(H,11,12)/t3-,6-,7+/m0/s1. The molecule has 12 heavy (non-hydrogen) atoms. The SMILES string of the molecule is N[C@@]1(C(=O)O)C[C@]12C[C@H]2C(=O)O. The third-order valence-electron chi connectivity index (χ3n) is 3.11. The molecule has 0 saturated heterocycles. The minimum Gasteiger partial charge on any atom is -0.481 e. The molecule has 2 aliphatic rings. The van der Waals surface area contributed by atoms with E-state index in [-0.39, 0.29) is 0 Å². The normalized spacial score (nSPS) is 48.9. The Bertz CT molecular complexity index is 289. The molecule has 1 spiro atoms. The Morgan fingerprint density at radius 2 is 2.00 bits per heavy atom. The smallest absolute Gasteiger partial charge is 0.324 e. The lowest BCUT2D eigenvalue weighted by atomic mass is 10.1. The van der Waals surface area contributed by atoms with Gasteiger partial charge in [0.15, 0.2) is 0 Å². The van der Waals surface area contributed by atoms with Crippen LogP contribution in [0.5, 0.6) is 0 Å². The first kappa shape index (κ1) is 7.54. The summed E-state index contributed by atoms with van der Waals surface area (Å²) in [6.07, 6.45) is 0.734. The fraction of sp³-hybridized carbons (Fsp3) is 0.714. The first-order chi connectivity index (χ1) is 5.44. The van der Waals surface area contributed by atoms with Gasteiger partial charge in [0.1, 0.15) is 5.54 Å². The van der Waals surface area contributed by atoms with Crippen molar-refractivity contribution in [3.05, 3.63) is 0 Å². The predicted octanol–water partition coefficient (Wildman–Crippen LogP) is -0.737. The Hall–Kier alpha value is -1.10. The summed E-state index contributed by atoms with van der Waals surface area (Å²) >= 11 is 0. The molecule has 2 fully saturated rings. The number of carbonyl (C=O) groups is 2. The fourth-order valence-electron chi connectivity index (χ4n) is 2.06. The van der Waals surface area contributed by atoms with E-state index in [2.05, 4.69) is 0 Å². The summed E-state index contributed by atoms with van der Waals surface area (Å²) in [5.74, 6) is -2.53. The Balaban J connectivity index is 2.15. The van der Waals surface area contributed by atoms with Crippen LogP contribution in [0.1, 0.15) is 12.8 Å². The molecular weight excluding hydrogens is 162 g/mol. The van der Waals surface area contributed by atoms with E-state index >= 15 is 0 Å². The molecule has 0 bridgehead atoms. The van der Waals surface area contributed by atoms with Gasteiger partial charge in [-0.15, -0.1) is 0 Å². The van der Waals surface area contributed by atoms with Crippen LogP contribution in [0.4, 0.5) is 0 Å². The van der Waals surface area contributed by atoms with Crippen LogP contribution in [-0.4, -0.2) is 27.7 Å². The van der Waals surface area contributed by atoms with Gasteiger partial charge in [0.25, 0.3) is 0 Å². The Kier molecular flexibility index (Phi) is 1.03. The van der Waals surface area contributed by atoms with E-state index in [1.807, 2.05) is 0 Å². The molecule has 2 aliphatic carbocycles. The highest BCUT2D eigenvalue weighted by Gasteiger charge is 2.84. The van der Waals surface area contributed by atoms with Crippen LogP contribution >= 0.6 is 0 Å². The highest BCUT2D eigenvalue weighted by molar-refractivity contribution is 5.90. The van der Waals surface area contributed by atoms with Crippen LogP contribution in [0.25, 0.3) is 0 Å². The van der Waals surface area contributed by atoms with Gasteiger partial charge in [-0.1, -0.05) is 0 Å². The lowest BCUT2D eigenvalue weighted by Gasteiger charge is -2.01. The first-order valence-corrected chi connectivity index (χ1v) is 3.69. The van der Waals surface area contributed by atoms with E-state index in [1.54, 1.807) is 0 Å². The second kappa shape index (κ2) is 1.64. The third-order valence-corrected chi connectivity index (χ3v) is 3.11. The van der Waals surface area contributed by atoms with E-state index in [9.17, 15) is 9.59 Å². The summed E-state index contributed by atoms with van der Waals surface area (Å²) in [6, 6.07) is 0. The average molecular weight is 171 g/mol. The number of rotatable bonds is 2. The van der Waals surface area contributed by atoms with Gasteiger partial charge in [-0.3, -0.25) is 9.59 Å². The van der Waals surface area contributed by atoms with Gasteiger partial charge >= 0.3 is 11.9 Å². The summed E-state index contributed by atoms with van der Waals surface area (Å²) in [4.78, 5) is 21.1. The predicted molar refractivity (Wildman–Crippen MR) is 37.3 cm³/mol. The van der Waals surface area contributed by atoms with Crippen molar-refractivity contribution < 1.29 is 19.8 Å². The van der Waals surface area contributed by atoms with Crippen molar-refractivity contribution in [2.75, 3.05) is 0 Å². The number of hydrogen-bond acceptors (Lipinski definition) is 3. The molecule has 3 atom stereocenters. The minimum absolute atomic E-state index is 0.312. The van der Waals surface area contributed by atoms with E-state index in [0.29, 0.717) is 12.8 Å². The van der Waals surface area contributed by atoms with Gasteiger partial charge < -0.3 is 15.9 Å². The fourth-order valence-corrected chi connectivity index (χ4v) is 2.06. The van der Waals surface area contributed by atoms with Gasteiger partial charge in [0.05, 0.1) is 5.92 Å². The molecule has 0 heterocycles. The van der Waals surface area contributed by atoms with Crippen molar-refractivity contribution in [1.29, 1.82) is 0 Å².